The minimum absolute atomic E-state index is 0.284. The Balaban J connectivity index is 2.77. The van der Waals surface area contributed by atoms with E-state index in [1.54, 1.807) is 7.11 Å². The van der Waals surface area contributed by atoms with Crippen LogP contribution in [0.1, 0.15) is 0 Å². The third-order valence-electron chi connectivity index (χ3n) is 0.717. The van der Waals surface area contributed by atoms with Crippen LogP contribution in [0.4, 0.5) is 0 Å². The molecule has 0 aliphatic carbocycles. The summed E-state index contributed by atoms with van der Waals surface area (Å²) in [6, 6.07) is 0. The Morgan fingerprint density at radius 2 is 1.80 bits per heavy atom. The van der Waals surface area contributed by atoms with Crippen LogP contribution in [0.25, 0.3) is 0 Å². The monoisotopic (exact) mass is 149 g/mol. The first kappa shape index (κ1) is 9.84. The zero-order valence-corrected chi connectivity index (χ0v) is 6.79. The van der Waals surface area contributed by atoms with Crippen molar-refractivity contribution in [3.63, 3.8) is 0 Å². The molecule has 0 amide bonds. The summed E-state index contributed by atoms with van der Waals surface area (Å²) in [5.41, 5.74) is 0. The van der Waals surface area contributed by atoms with Crippen LogP contribution in [0.2, 0.25) is 0 Å². The molecule has 0 N–H and O–H groups in total. The van der Waals surface area contributed by atoms with Crippen molar-refractivity contribution in [2.45, 2.75) is 0 Å². The number of methoxy groups -OCH3 is 1. The number of ether oxygens (including phenoxy) is 3. The van der Waals surface area contributed by atoms with E-state index < -0.39 is 0 Å². The highest BCUT2D eigenvalue weighted by Gasteiger charge is 1.88. The summed E-state index contributed by atoms with van der Waals surface area (Å²) in [7, 11) is 5.43. The molecular formula is C6H15NO3. The van der Waals surface area contributed by atoms with Crippen molar-refractivity contribution in [1.29, 1.82) is 0 Å². The Hall–Kier alpha value is -0.160. The Bertz CT molecular complexity index is 68.0. The van der Waals surface area contributed by atoms with Crippen LogP contribution in [-0.4, -0.2) is 46.4 Å². The zero-order chi connectivity index (χ0) is 7.82. The van der Waals surface area contributed by atoms with Gasteiger partial charge in [0.2, 0.25) is 0 Å². The highest BCUT2D eigenvalue weighted by molar-refractivity contribution is 4.22. The average Bonchev–Trinajstić information content (AvgIpc) is 1.87. The van der Waals surface area contributed by atoms with Crippen molar-refractivity contribution < 1.29 is 14.2 Å². The second-order valence-electron chi connectivity index (χ2n) is 2.14. The predicted octanol–water partition coefficient (Wildman–Crippen LogP) is 0.100. The molecule has 0 fully saturated rings. The van der Waals surface area contributed by atoms with Crippen LogP contribution >= 0.6 is 0 Å². The fourth-order valence-electron chi connectivity index (χ4n) is 0.396. The highest BCUT2D eigenvalue weighted by atomic mass is 16.7. The number of hydrogen-bond acceptors (Lipinski definition) is 4. The van der Waals surface area contributed by atoms with Gasteiger partial charge in [-0.3, -0.25) is 4.90 Å². The molecule has 0 radical (unpaired) electrons. The van der Waals surface area contributed by atoms with E-state index in [9.17, 15) is 0 Å². The van der Waals surface area contributed by atoms with Crippen LogP contribution in [0.5, 0.6) is 0 Å². The molecule has 0 aromatic heterocycles. The van der Waals surface area contributed by atoms with Crippen molar-refractivity contribution in [1.82, 2.24) is 4.90 Å². The maximum atomic E-state index is 5.02. The zero-order valence-electron chi connectivity index (χ0n) is 6.79. The van der Waals surface area contributed by atoms with Gasteiger partial charge in [-0.25, -0.2) is 0 Å². The molecule has 0 aromatic rings. The summed E-state index contributed by atoms with van der Waals surface area (Å²) >= 11 is 0. The van der Waals surface area contributed by atoms with Crippen molar-refractivity contribution >= 4 is 0 Å². The second kappa shape index (κ2) is 6.95. The van der Waals surface area contributed by atoms with Crippen LogP contribution in [0.3, 0.4) is 0 Å². The molecule has 0 atom stereocenters. The van der Waals surface area contributed by atoms with E-state index in [2.05, 4.69) is 4.74 Å². The Morgan fingerprint density at radius 3 is 2.30 bits per heavy atom. The van der Waals surface area contributed by atoms with Crippen LogP contribution < -0.4 is 0 Å². The molecule has 0 bridgehead atoms. The van der Waals surface area contributed by atoms with E-state index in [-0.39, 0.29) is 13.6 Å². The van der Waals surface area contributed by atoms with Gasteiger partial charge in [-0.05, 0) is 14.1 Å². The van der Waals surface area contributed by atoms with Crippen molar-refractivity contribution in [2.24, 2.45) is 0 Å². The molecule has 4 nitrogen and oxygen atoms in total. The van der Waals surface area contributed by atoms with Crippen LogP contribution in [0.15, 0.2) is 0 Å². The first-order chi connectivity index (χ1) is 4.77. The van der Waals surface area contributed by atoms with Crippen LogP contribution in [0, 0.1) is 0 Å². The van der Waals surface area contributed by atoms with Gasteiger partial charge in [0, 0.05) is 7.11 Å². The highest BCUT2D eigenvalue weighted by Crippen LogP contribution is 1.80. The first-order valence-corrected chi connectivity index (χ1v) is 3.06. The molecule has 4 heteroatoms. The van der Waals surface area contributed by atoms with Gasteiger partial charge in [0.15, 0.2) is 6.79 Å². The standard InChI is InChI=1S/C6H15NO3/c1-7(2)4-9-6-10-5-8-3/h4-6H2,1-3H3. The lowest BCUT2D eigenvalue weighted by Crippen LogP contribution is -2.17. The molecule has 10 heavy (non-hydrogen) atoms. The lowest BCUT2D eigenvalue weighted by molar-refractivity contribution is -0.134. The van der Waals surface area contributed by atoms with Gasteiger partial charge < -0.3 is 14.2 Å². The lowest BCUT2D eigenvalue weighted by atomic mass is 10.9. The first-order valence-electron chi connectivity index (χ1n) is 3.06. The summed E-state index contributed by atoms with van der Waals surface area (Å²) < 4.78 is 14.5. The second-order valence-corrected chi connectivity index (χ2v) is 2.14. The molecule has 0 aliphatic rings. The molecular weight excluding hydrogens is 134 g/mol. The summed E-state index contributed by atoms with van der Waals surface area (Å²) in [6.45, 7) is 1.14. The molecule has 0 saturated carbocycles. The quantitative estimate of drug-likeness (QED) is 0.396. The van der Waals surface area contributed by atoms with E-state index in [1.165, 1.54) is 0 Å². The van der Waals surface area contributed by atoms with Crippen LogP contribution in [-0.2, 0) is 14.2 Å². The lowest BCUT2D eigenvalue weighted by Gasteiger charge is -2.09. The minimum Gasteiger partial charge on any atom is -0.359 e. The van der Waals surface area contributed by atoms with Crippen molar-refractivity contribution in [2.75, 3.05) is 41.5 Å². The van der Waals surface area contributed by atoms with Gasteiger partial charge in [0.05, 0.1) is 0 Å². The topological polar surface area (TPSA) is 30.9 Å². The molecule has 0 aromatic carbocycles. The van der Waals surface area contributed by atoms with Crippen molar-refractivity contribution in [3.8, 4) is 0 Å². The Labute approximate surface area is 61.7 Å². The largest absolute Gasteiger partial charge is 0.359 e. The van der Waals surface area contributed by atoms with Gasteiger partial charge in [0.25, 0.3) is 0 Å². The number of rotatable bonds is 6. The molecule has 0 aliphatic heterocycles. The van der Waals surface area contributed by atoms with Gasteiger partial charge in [-0.15, -0.1) is 0 Å². The van der Waals surface area contributed by atoms with Crippen molar-refractivity contribution in [3.05, 3.63) is 0 Å². The van der Waals surface area contributed by atoms with E-state index in [1.807, 2.05) is 19.0 Å². The molecule has 0 rings (SSSR count). The van der Waals surface area contributed by atoms with E-state index in [4.69, 9.17) is 9.47 Å². The Kier molecular flexibility index (Phi) is 6.84. The van der Waals surface area contributed by atoms with Gasteiger partial charge in [0.1, 0.15) is 13.5 Å². The fourth-order valence-corrected chi connectivity index (χ4v) is 0.396. The third-order valence-corrected chi connectivity index (χ3v) is 0.717. The van der Waals surface area contributed by atoms with E-state index >= 15 is 0 Å². The maximum Gasteiger partial charge on any atom is 0.151 e. The predicted molar refractivity (Wildman–Crippen MR) is 37.5 cm³/mol. The number of hydrogen-bond donors (Lipinski definition) is 0. The van der Waals surface area contributed by atoms with E-state index in [0.717, 1.165) is 0 Å². The summed E-state index contributed by atoms with van der Waals surface area (Å²) in [6.07, 6.45) is 0. The summed E-state index contributed by atoms with van der Waals surface area (Å²) in [5, 5.41) is 0. The minimum atomic E-state index is 0.284. The van der Waals surface area contributed by atoms with Gasteiger partial charge in [-0.1, -0.05) is 0 Å². The fraction of sp³-hybridized carbons (Fsp3) is 1.00. The third kappa shape index (κ3) is 7.84. The maximum absolute atomic E-state index is 5.02. The normalized spacial score (nSPS) is 10.8. The van der Waals surface area contributed by atoms with Gasteiger partial charge >= 0.3 is 0 Å². The summed E-state index contributed by atoms with van der Waals surface area (Å²) in [5.74, 6) is 0. The summed E-state index contributed by atoms with van der Waals surface area (Å²) in [4.78, 5) is 1.91. The smallest absolute Gasteiger partial charge is 0.151 e. The van der Waals surface area contributed by atoms with Gasteiger partial charge in [-0.2, -0.15) is 0 Å². The molecule has 0 saturated heterocycles. The molecule has 62 valence electrons. The van der Waals surface area contributed by atoms with E-state index in [0.29, 0.717) is 6.73 Å². The number of nitrogens with zero attached hydrogens (tertiary/aromatic N) is 1. The molecule has 0 spiro atoms. The SMILES string of the molecule is COCOCOCN(C)C. The average molecular weight is 149 g/mol. The molecule has 0 unspecified atom stereocenters. The Morgan fingerprint density at radius 1 is 1.10 bits per heavy atom. The molecule has 0 heterocycles.